The van der Waals surface area contributed by atoms with Gasteiger partial charge in [-0.3, -0.25) is 9.69 Å². The monoisotopic (exact) mass is 469 g/mol. The van der Waals surface area contributed by atoms with Crippen molar-refractivity contribution in [2.75, 3.05) is 44.0 Å². The van der Waals surface area contributed by atoms with Crippen molar-refractivity contribution in [2.45, 2.75) is 6.54 Å². The van der Waals surface area contributed by atoms with Crippen LogP contribution in [0.5, 0.6) is 0 Å². The highest BCUT2D eigenvalue weighted by Crippen LogP contribution is 2.38. The van der Waals surface area contributed by atoms with Crippen LogP contribution >= 0.6 is 0 Å². The Morgan fingerprint density at radius 2 is 1.74 bits per heavy atom. The van der Waals surface area contributed by atoms with E-state index in [0.717, 1.165) is 49.7 Å². The van der Waals surface area contributed by atoms with Gasteiger partial charge in [0.15, 0.2) is 0 Å². The highest BCUT2D eigenvalue weighted by atomic mass is 16.5. The smallest absolute Gasteiger partial charge is 0.337 e. The molecule has 0 spiro atoms. The molecule has 0 bridgehead atoms. The maximum absolute atomic E-state index is 13.1. The Bertz CT molecular complexity index is 1260. The van der Waals surface area contributed by atoms with E-state index in [-0.39, 0.29) is 5.91 Å². The molecule has 0 aliphatic carbocycles. The Labute approximate surface area is 204 Å². The summed E-state index contributed by atoms with van der Waals surface area (Å²) in [7, 11) is 1.34. The molecule has 1 fully saturated rings. The number of fused-ring (bicyclic) bond motifs is 1. The minimum Gasteiger partial charge on any atom is -0.465 e. The predicted octanol–water partition coefficient (Wildman–Crippen LogP) is 4.24. The molecule has 2 heterocycles. The van der Waals surface area contributed by atoms with Crippen LogP contribution in [-0.2, 0) is 20.8 Å². The van der Waals surface area contributed by atoms with Crippen molar-refractivity contribution in [3.8, 4) is 0 Å². The van der Waals surface area contributed by atoms with Crippen molar-refractivity contribution in [3.63, 3.8) is 0 Å². The summed E-state index contributed by atoms with van der Waals surface area (Å²) in [6.07, 6.45) is 0. The van der Waals surface area contributed by atoms with Crippen LogP contribution in [0.25, 0.3) is 11.3 Å². The first kappa shape index (κ1) is 22.8. The summed E-state index contributed by atoms with van der Waals surface area (Å²) in [6, 6.07) is 23.2. The maximum Gasteiger partial charge on any atom is 0.337 e. The van der Waals surface area contributed by atoms with E-state index >= 15 is 0 Å². The van der Waals surface area contributed by atoms with Gasteiger partial charge in [0.2, 0.25) is 0 Å². The Kier molecular flexibility index (Phi) is 6.61. The van der Waals surface area contributed by atoms with Crippen molar-refractivity contribution in [3.05, 3.63) is 95.1 Å². The number of nitrogens with zero attached hydrogens (tertiary/aromatic N) is 1. The maximum atomic E-state index is 13.1. The summed E-state index contributed by atoms with van der Waals surface area (Å²) in [4.78, 5) is 27.5. The molecule has 5 rings (SSSR count). The Morgan fingerprint density at radius 1 is 1.00 bits per heavy atom. The van der Waals surface area contributed by atoms with Gasteiger partial charge in [-0.05, 0) is 35.4 Å². The van der Waals surface area contributed by atoms with Gasteiger partial charge < -0.3 is 20.1 Å². The predicted molar refractivity (Wildman–Crippen MR) is 136 cm³/mol. The number of anilines is 2. The van der Waals surface area contributed by atoms with Gasteiger partial charge in [0.05, 0.1) is 42.8 Å². The van der Waals surface area contributed by atoms with Gasteiger partial charge in [-0.1, -0.05) is 48.5 Å². The SMILES string of the molecule is COC(=O)c1ccc2c(c1)NC(=O)C2=C(Nc1ccc(CN2CCOCC2)cc1)c1ccccc1. The number of ether oxygens (including phenoxy) is 2. The lowest BCUT2D eigenvalue weighted by atomic mass is 9.99. The van der Waals surface area contributed by atoms with Crippen LogP contribution in [-0.4, -0.2) is 50.2 Å². The number of nitrogens with one attached hydrogen (secondary N) is 2. The fourth-order valence-corrected chi connectivity index (χ4v) is 4.40. The molecule has 7 heteroatoms. The molecule has 0 radical (unpaired) electrons. The molecule has 35 heavy (non-hydrogen) atoms. The van der Waals surface area contributed by atoms with Crippen LogP contribution in [0.2, 0.25) is 0 Å². The highest BCUT2D eigenvalue weighted by Gasteiger charge is 2.29. The van der Waals surface area contributed by atoms with Gasteiger partial charge in [0, 0.05) is 30.9 Å². The van der Waals surface area contributed by atoms with Crippen molar-refractivity contribution in [2.24, 2.45) is 0 Å². The molecule has 0 unspecified atom stereocenters. The summed E-state index contributed by atoms with van der Waals surface area (Å²) in [5.41, 5.74) is 5.94. The van der Waals surface area contributed by atoms with Gasteiger partial charge in [-0.15, -0.1) is 0 Å². The molecule has 7 nitrogen and oxygen atoms in total. The van der Waals surface area contributed by atoms with Crippen molar-refractivity contribution >= 4 is 34.5 Å². The largest absolute Gasteiger partial charge is 0.465 e. The zero-order valence-corrected chi connectivity index (χ0v) is 19.5. The molecular weight excluding hydrogens is 442 g/mol. The zero-order chi connectivity index (χ0) is 24.2. The Morgan fingerprint density at radius 3 is 2.46 bits per heavy atom. The van der Waals surface area contributed by atoms with E-state index in [2.05, 4.69) is 27.7 Å². The van der Waals surface area contributed by atoms with Crippen LogP contribution in [0.1, 0.15) is 27.0 Å². The standard InChI is InChI=1S/C28H27N3O4/c1-34-28(33)21-9-12-23-24(17-21)30-27(32)25(23)26(20-5-3-2-4-6-20)29-22-10-7-19(8-11-22)18-31-13-15-35-16-14-31/h2-12,17,29H,13-16,18H2,1H3,(H,30,32). The average Bonchev–Trinajstić information content (AvgIpc) is 3.23. The lowest BCUT2D eigenvalue weighted by molar-refractivity contribution is -0.110. The molecule has 0 saturated carbocycles. The third-order valence-corrected chi connectivity index (χ3v) is 6.23. The van der Waals surface area contributed by atoms with E-state index < -0.39 is 5.97 Å². The van der Waals surface area contributed by atoms with Crippen LogP contribution in [0.15, 0.2) is 72.8 Å². The molecule has 0 atom stereocenters. The fourth-order valence-electron chi connectivity index (χ4n) is 4.40. The molecule has 178 valence electrons. The van der Waals surface area contributed by atoms with Gasteiger partial charge in [-0.2, -0.15) is 0 Å². The second kappa shape index (κ2) is 10.1. The van der Waals surface area contributed by atoms with E-state index in [1.165, 1.54) is 12.7 Å². The van der Waals surface area contributed by atoms with Crippen LogP contribution < -0.4 is 10.6 Å². The lowest BCUT2D eigenvalue weighted by Crippen LogP contribution is -2.35. The number of methoxy groups -OCH3 is 1. The highest BCUT2D eigenvalue weighted by molar-refractivity contribution is 6.37. The molecule has 2 N–H and O–H groups in total. The average molecular weight is 470 g/mol. The second-order valence-electron chi connectivity index (χ2n) is 8.53. The minimum atomic E-state index is -0.446. The molecular formula is C28H27N3O4. The second-order valence-corrected chi connectivity index (χ2v) is 8.53. The van der Waals surface area contributed by atoms with Crippen LogP contribution in [0, 0.1) is 0 Å². The number of amides is 1. The topological polar surface area (TPSA) is 79.9 Å². The van der Waals surface area contributed by atoms with E-state index in [0.29, 0.717) is 22.5 Å². The molecule has 2 aliphatic heterocycles. The number of rotatable bonds is 6. The first-order valence-corrected chi connectivity index (χ1v) is 11.6. The van der Waals surface area contributed by atoms with E-state index in [1.54, 1.807) is 18.2 Å². The quantitative estimate of drug-likeness (QED) is 0.415. The Hall–Kier alpha value is -3.94. The molecule has 3 aromatic rings. The molecule has 1 saturated heterocycles. The Balaban J connectivity index is 1.48. The number of hydrogen-bond acceptors (Lipinski definition) is 6. The number of hydrogen-bond donors (Lipinski definition) is 2. The number of carbonyl (C=O) groups excluding carboxylic acids is 2. The summed E-state index contributed by atoms with van der Waals surface area (Å²) in [5.74, 6) is -0.671. The number of esters is 1. The third kappa shape index (κ3) is 4.96. The molecule has 3 aromatic carbocycles. The normalized spacial score (nSPS) is 16.9. The van der Waals surface area contributed by atoms with Crippen LogP contribution in [0.4, 0.5) is 11.4 Å². The summed E-state index contributed by atoms with van der Waals surface area (Å²) in [6.45, 7) is 4.32. The van der Waals surface area contributed by atoms with Gasteiger partial charge >= 0.3 is 5.97 Å². The fraction of sp³-hybridized carbons (Fsp3) is 0.214. The van der Waals surface area contributed by atoms with Crippen molar-refractivity contribution in [1.82, 2.24) is 4.90 Å². The van der Waals surface area contributed by atoms with Crippen molar-refractivity contribution in [1.29, 1.82) is 0 Å². The molecule has 1 amide bonds. The minimum absolute atomic E-state index is 0.225. The third-order valence-electron chi connectivity index (χ3n) is 6.23. The number of carbonyl (C=O) groups is 2. The molecule has 0 aromatic heterocycles. The van der Waals surface area contributed by atoms with E-state index in [9.17, 15) is 9.59 Å². The van der Waals surface area contributed by atoms with Gasteiger partial charge in [-0.25, -0.2) is 4.79 Å². The van der Waals surface area contributed by atoms with E-state index in [1.807, 2.05) is 42.5 Å². The zero-order valence-electron chi connectivity index (χ0n) is 19.5. The van der Waals surface area contributed by atoms with Crippen LogP contribution in [0.3, 0.4) is 0 Å². The summed E-state index contributed by atoms with van der Waals surface area (Å²) in [5, 5.41) is 6.38. The summed E-state index contributed by atoms with van der Waals surface area (Å²) < 4.78 is 10.3. The van der Waals surface area contributed by atoms with Gasteiger partial charge in [0.1, 0.15) is 0 Å². The number of morpholine rings is 1. The summed E-state index contributed by atoms with van der Waals surface area (Å²) >= 11 is 0. The van der Waals surface area contributed by atoms with E-state index in [4.69, 9.17) is 9.47 Å². The molecule has 2 aliphatic rings. The van der Waals surface area contributed by atoms with Crippen molar-refractivity contribution < 1.29 is 19.1 Å². The first-order chi connectivity index (χ1) is 17.1. The first-order valence-electron chi connectivity index (χ1n) is 11.6. The number of benzene rings is 3. The van der Waals surface area contributed by atoms with Gasteiger partial charge in [0.25, 0.3) is 5.91 Å². The lowest BCUT2D eigenvalue weighted by Gasteiger charge is -2.26.